The van der Waals surface area contributed by atoms with E-state index in [0.717, 1.165) is 50.2 Å². The molecular formula is C15H21FN2O4S. The van der Waals surface area contributed by atoms with Crippen LogP contribution in [0.25, 0.3) is 0 Å². The first-order chi connectivity index (χ1) is 10.8. The van der Waals surface area contributed by atoms with Crippen molar-refractivity contribution < 1.29 is 22.2 Å². The van der Waals surface area contributed by atoms with Crippen LogP contribution in [-0.4, -0.2) is 43.4 Å². The number of halogens is 1. The molecule has 128 valence electrons. The van der Waals surface area contributed by atoms with Crippen molar-refractivity contribution in [3.8, 4) is 0 Å². The van der Waals surface area contributed by atoms with Gasteiger partial charge in [0.25, 0.3) is 16.0 Å². The minimum Gasteiger partial charge on any atom is -0.303 e. The molecule has 1 aliphatic rings. The Morgan fingerprint density at radius 3 is 2.35 bits per heavy atom. The lowest BCUT2D eigenvalue weighted by molar-refractivity contribution is -0.125. The summed E-state index contributed by atoms with van der Waals surface area (Å²) in [6, 6.07) is 4.41. The maximum absolute atomic E-state index is 14.2. The van der Waals surface area contributed by atoms with Gasteiger partial charge in [-0.3, -0.25) is 9.35 Å². The molecule has 1 N–H and O–H groups in total. The number of carbonyl (C=O) groups is 1. The lowest BCUT2D eigenvalue weighted by atomic mass is 10.1. The first-order valence-electron chi connectivity index (χ1n) is 7.58. The second-order valence-electron chi connectivity index (χ2n) is 5.85. The molecule has 1 aliphatic heterocycles. The van der Waals surface area contributed by atoms with Crippen LogP contribution >= 0.6 is 0 Å². The summed E-state index contributed by atoms with van der Waals surface area (Å²) in [4.78, 5) is 14.0. The average Bonchev–Trinajstić information content (AvgIpc) is 2.53. The lowest BCUT2D eigenvalue weighted by Crippen LogP contribution is -2.39. The largest absolute Gasteiger partial charge is 0.303 e. The summed E-state index contributed by atoms with van der Waals surface area (Å²) in [5.74, 6) is -1.17. The second-order valence-corrected chi connectivity index (χ2v) is 7.27. The van der Waals surface area contributed by atoms with Gasteiger partial charge >= 0.3 is 0 Å². The van der Waals surface area contributed by atoms with Gasteiger partial charge in [-0.15, -0.1) is 5.12 Å². The number of carbonyl (C=O) groups excluding carboxylic acids is 1. The van der Waals surface area contributed by atoms with Crippen LogP contribution in [0.3, 0.4) is 0 Å². The Bertz CT molecular complexity index is 642. The Morgan fingerprint density at radius 2 is 1.83 bits per heavy atom. The van der Waals surface area contributed by atoms with Gasteiger partial charge in [0.05, 0.1) is 16.5 Å². The van der Waals surface area contributed by atoms with E-state index in [4.69, 9.17) is 4.55 Å². The summed E-state index contributed by atoms with van der Waals surface area (Å²) in [6.07, 6.45) is 3.38. The third-order valence-corrected chi connectivity index (χ3v) is 4.82. The minimum atomic E-state index is -4.33. The van der Waals surface area contributed by atoms with E-state index in [-0.39, 0.29) is 15.7 Å². The first kappa shape index (κ1) is 17.8. The van der Waals surface area contributed by atoms with Gasteiger partial charge < -0.3 is 4.90 Å². The van der Waals surface area contributed by atoms with Crippen LogP contribution in [0.15, 0.2) is 29.2 Å². The fourth-order valence-corrected chi connectivity index (χ4v) is 3.16. The van der Waals surface area contributed by atoms with Gasteiger partial charge in [-0.25, -0.2) is 0 Å². The molecule has 6 nitrogen and oxygen atoms in total. The van der Waals surface area contributed by atoms with E-state index in [1.807, 2.05) is 0 Å². The van der Waals surface area contributed by atoms with Crippen LogP contribution in [0.5, 0.6) is 0 Å². The van der Waals surface area contributed by atoms with Gasteiger partial charge in [0.2, 0.25) is 0 Å². The van der Waals surface area contributed by atoms with Gasteiger partial charge in [-0.1, -0.05) is 17.8 Å². The number of rotatable bonds is 5. The van der Waals surface area contributed by atoms with Crippen molar-refractivity contribution in [1.29, 1.82) is 0 Å². The number of likely N-dealkylation sites (tertiary alicyclic amines) is 1. The Balaban J connectivity index is 2.00. The van der Waals surface area contributed by atoms with Gasteiger partial charge in [0.1, 0.15) is 0 Å². The topological polar surface area (TPSA) is 77.9 Å². The highest BCUT2D eigenvalue weighted by atomic mass is 32.2. The lowest BCUT2D eigenvalue weighted by Gasteiger charge is -2.29. The van der Waals surface area contributed by atoms with E-state index in [9.17, 15) is 17.7 Å². The maximum Gasteiger partial charge on any atom is 0.294 e. The van der Waals surface area contributed by atoms with Crippen LogP contribution in [-0.2, 0) is 14.9 Å². The average molecular weight is 344 g/mol. The molecule has 0 bridgehead atoms. The number of piperidine rings is 1. The highest BCUT2D eigenvalue weighted by molar-refractivity contribution is 7.85. The fraction of sp³-hybridized carbons (Fsp3) is 0.533. The molecule has 1 aromatic rings. The molecule has 1 saturated heterocycles. The third-order valence-electron chi connectivity index (χ3n) is 3.96. The quantitative estimate of drug-likeness (QED) is 0.655. The van der Waals surface area contributed by atoms with Crippen LogP contribution < -0.4 is 5.12 Å². The number of hydrogen-bond donors (Lipinski definition) is 1. The van der Waals surface area contributed by atoms with Crippen LogP contribution in [0, 0.1) is 5.92 Å². The van der Waals surface area contributed by atoms with Crippen molar-refractivity contribution in [2.75, 3.05) is 24.8 Å². The molecule has 2 rings (SSSR count). The minimum absolute atomic E-state index is 0.0301. The SMILES string of the molecule is CC(CN1CCCCC1)C(=O)N(F)c1ccc(S(=O)(=O)O)cc1. The number of hydrogen-bond acceptors (Lipinski definition) is 4. The van der Waals surface area contributed by atoms with Crippen molar-refractivity contribution >= 4 is 21.7 Å². The van der Waals surface area contributed by atoms with Gasteiger partial charge in [-0.2, -0.15) is 8.42 Å². The van der Waals surface area contributed by atoms with Crippen molar-refractivity contribution in [2.45, 2.75) is 31.1 Å². The van der Waals surface area contributed by atoms with Crippen molar-refractivity contribution in [3.63, 3.8) is 0 Å². The molecule has 1 aromatic carbocycles. The zero-order valence-electron chi connectivity index (χ0n) is 13.0. The zero-order valence-corrected chi connectivity index (χ0v) is 13.8. The van der Waals surface area contributed by atoms with Crippen LogP contribution in [0.4, 0.5) is 10.2 Å². The number of amides is 1. The summed E-state index contributed by atoms with van der Waals surface area (Å²) in [5, 5.41) is 0.0301. The van der Waals surface area contributed by atoms with Gasteiger partial charge in [0.15, 0.2) is 0 Å². The highest BCUT2D eigenvalue weighted by Crippen LogP contribution is 2.21. The Labute approximate surface area is 135 Å². The molecule has 0 radical (unpaired) electrons. The fourth-order valence-electron chi connectivity index (χ4n) is 2.68. The summed E-state index contributed by atoms with van der Waals surface area (Å²) in [7, 11) is -4.33. The zero-order chi connectivity index (χ0) is 17.0. The van der Waals surface area contributed by atoms with Crippen molar-refractivity contribution in [2.24, 2.45) is 5.92 Å². The maximum atomic E-state index is 14.2. The molecule has 1 heterocycles. The van der Waals surface area contributed by atoms with Gasteiger partial charge in [0, 0.05) is 6.54 Å². The Kier molecular flexibility index (Phi) is 5.72. The predicted molar refractivity (Wildman–Crippen MR) is 84.3 cm³/mol. The van der Waals surface area contributed by atoms with Gasteiger partial charge in [-0.05, 0) is 50.2 Å². The molecule has 0 spiro atoms. The molecule has 0 aromatic heterocycles. The van der Waals surface area contributed by atoms with E-state index in [1.54, 1.807) is 6.92 Å². The summed E-state index contributed by atoms with van der Waals surface area (Å²) < 4.78 is 45.0. The van der Waals surface area contributed by atoms with Crippen molar-refractivity contribution in [3.05, 3.63) is 24.3 Å². The number of nitrogens with zero attached hydrogens (tertiary/aromatic N) is 2. The van der Waals surface area contributed by atoms with E-state index in [0.29, 0.717) is 6.54 Å². The van der Waals surface area contributed by atoms with Crippen LogP contribution in [0.1, 0.15) is 26.2 Å². The molecule has 0 aliphatic carbocycles. The monoisotopic (exact) mass is 344 g/mol. The normalized spacial score (nSPS) is 17.7. The van der Waals surface area contributed by atoms with E-state index in [2.05, 4.69) is 4.90 Å². The molecule has 1 atom stereocenters. The standard InChI is InChI=1S/C15H21FN2O4S/c1-12(11-17-9-3-2-4-10-17)15(19)18(16)13-5-7-14(8-6-13)23(20,21)22/h5-8,12H,2-4,9-11H2,1H3,(H,20,21,22). The third kappa shape index (κ3) is 4.73. The predicted octanol–water partition coefficient (Wildman–Crippen LogP) is 2.27. The van der Waals surface area contributed by atoms with E-state index in [1.165, 1.54) is 6.42 Å². The molecule has 23 heavy (non-hydrogen) atoms. The van der Waals surface area contributed by atoms with Crippen molar-refractivity contribution in [1.82, 2.24) is 4.90 Å². The molecule has 8 heteroatoms. The summed E-state index contributed by atoms with van der Waals surface area (Å²) in [6.45, 7) is 4.03. The molecule has 1 fully saturated rings. The highest BCUT2D eigenvalue weighted by Gasteiger charge is 2.25. The second kappa shape index (κ2) is 7.37. The molecule has 0 saturated carbocycles. The smallest absolute Gasteiger partial charge is 0.294 e. The summed E-state index contributed by atoms with van der Waals surface area (Å²) in [5.41, 5.74) is -0.0621. The summed E-state index contributed by atoms with van der Waals surface area (Å²) >= 11 is 0. The Morgan fingerprint density at radius 1 is 1.26 bits per heavy atom. The molecular weight excluding hydrogens is 323 g/mol. The van der Waals surface area contributed by atoms with Crippen LogP contribution in [0.2, 0.25) is 0 Å². The molecule has 1 amide bonds. The van der Waals surface area contributed by atoms with E-state index >= 15 is 0 Å². The number of benzene rings is 1. The number of anilines is 1. The molecule has 1 unspecified atom stereocenters. The first-order valence-corrected chi connectivity index (χ1v) is 9.02. The van der Waals surface area contributed by atoms with E-state index < -0.39 is 21.9 Å². The Hall–Kier alpha value is -1.51.